The lowest BCUT2D eigenvalue weighted by atomic mass is 9.83. The summed E-state index contributed by atoms with van der Waals surface area (Å²) in [6, 6.07) is 8.19. The third-order valence-corrected chi connectivity index (χ3v) is 5.29. The minimum atomic E-state index is 0.305. The van der Waals surface area contributed by atoms with Gasteiger partial charge in [0.1, 0.15) is 11.4 Å². The Balaban J connectivity index is 2.18. The lowest BCUT2D eigenvalue weighted by Crippen LogP contribution is -2.24. The summed E-state index contributed by atoms with van der Waals surface area (Å²) >= 11 is 5.46. The zero-order chi connectivity index (χ0) is 13.9. The number of rotatable bonds is 4. The van der Waals surface area contributed by atoms with E-state index < -0.39 is 0 Å². The van der Waals surface area contributed by atoms with Crippen molar-refractivity contribution >= 4 is 38.6 Å². The molecular weight excluding hydrogens is 320 g/mol. The number of nitrogens with zero attached hydrogens (tertiary/aromatic N) is 2. The molecule has 19 heavy (non-hydrogen) atoms. The molecule has 2 nitrogen and oxygen atoms in total. The van der Waals surface area contributed by atoms with Crippen LogP contribution < -0.4 is 0 Å². The van der Waals surface area contributed by atoms with Crippen LogP contribution in [0.2, 0.25) is 0 Å². The maximum absolute atomic E-state index is 4.43. The number of benzene rings is 1. The SMILES string of the molecule is CC(C)(C)C(CBr)CSc1ncnc2ccccc12. The van der Waals surface area contributed by atoms with Crippen LogP contribution in [-0.4, -0.2) is 21.1 Å². The zero-order valence-electron chi connectivity index (χ0n) is 11.6. The van der Waals surface area contributed by atoms with Gasteiger partial charge in [-0.15, -0.1) is 11.8 Å². The van der Waals surface area contributed by atoms with Crippen LogP contribution in [-0.2, 0) is 0 Å². The molecule has 0 amide bonds. The number of hydrogen-bond donors (Lipinski definition) is 0. The van der Waals surface area contributed by atoms with Crippen molar-refractivity contribution in [3.8, 4) is 0 Å². The molecule has 4 heteroatoms. The summed E-state index contributed by atoms with van der Waals surface area (Å²) in [5.74, 6) is 1.68. The molecule has 0 N–H and O–H groups in total. The minimum absolute atomic E-state index is 0.305. The Kier molecular flexibility index (Phi) is 4.85. The highest BCUT2D eigenvalue weighted by Crippen LogP contribution is 2.34. The van der Waals surface area contributed by atoms with Gasteiger partial charge in [-0.3, -0.25) is 0 Å². The standard InChI is InChI=1S/C15H19BrN2S/c1-15(2,3)11(8-16)9-19-14-12-6-4-5-7-13(12)17-10-18-14/h4-7,10-11H,8-9H2,1-3H3. The highest BCUT2D eigenvalue weighted by Gasteiger charge is 2.23. The molecule has 0 aliphatic carbocycles. The average Bonchev–Trinajstić information content (AvgIpc) is 2.38. The van der Waals surface area contributed by atoms with E-state index in [1.54, 1.807) is 6.33 Å². The van der Waals surface area contributed by atoms with Crippen molar-refractivity contribution in [3.05, 3.63) is 30.6 Å². The van der Waals surface area contributed by atoms with E-state index in [-0.39, 0.29) is 0 Å². The first-order chi connectivity index (χ1) is 9.02. The van der Waals surface area contributed by atoms with Crippen LogP contribution in [0.25, 0.3) is 10.9 Å². The number of aromatic nitrogens is 2. The van der Waals surface area contributed by atoms with Gasteiger partial charge in [-0.25, -0.2) is 9.97 Å². The summed E-state index contributed by atoms with van der Waals surface area (Å²) in [7, 11) is 0. The Morgan fingerprint density at radius 2 is 1.95 bits per heavy atom. The summed E-state index contributed by atoms with van der Waals surface area (Å²) in [5, 5.41) is 3.25. The van der Waals surface area contributed by atoms with Crippen LogP contribution in [0.5, 0.6) is 0 Å². The van der Waals surface area contributed by atoms with Crippen LogP contribution in [0.4, 0.5) is 0 Å². The maximum atomic E-state index is 4.43. The topological polar surface area (TPSA) is 25.8 Å². The van der Waals surface area contributed by atoms with E-state index in [1.165, 1.54) is 0 Å². The molecule has 1 aromatic heterocycles. The fourth-order valence-corrected chi connectivity index (χ4v) is 4.73. The van der Waals surface area contributed by atoms with Crippen molar-refractivity contribution in [2.24, 2.45) is 11.3 Å². The summed E-state index contributed by atoms with van der Waals surface area (Å²) in [5.41, 5.74) is 1.32. The molecule has 0 saturated carbocycles. The number of alkyl halides is 1. The summed E-state index contributed by atoms with van der Waals surface area (Å²) in [6.07, 6.45) is 1.66. The molecule has 0 saturated heterocycles. The van der Waals surface area contributed by atoms with E-state index in [4.69, 9.17) is 0 Å². The van der Waals surface area contributed by atoms with E-state index >= 15 is 0 Å². The number of halogens is 1. The predicted molar refractivity (Wildman–Crippen MR) is 87.0 cm³/mol. The fraction of sp³-hybridized carbons (Fsp3) is 0.467. The Labute approximate surface area is 127 Å². The number of hydrogen-bond acceptors (Lipinski definition) is 3. The van der Waals surface area contributed by atoms with Gasteiger partial charge in [-0.2, -0.15) is 0 Å². The van der Waals surface area contributed by atoms with Crippen LogP contribution >= 0.6 is 27.7 Å². The minimum Gasteiger partial charge on any atom is -0.236 e. The fourth-order valence-electron chi connectivity index (χ4n) is 1.80. The molecule has 0 aliphatic heterocycles. The van der Waals surface area contributed by atoms with E-state index in [1.807, 2.05) is 30.0 Å². The van der Waals surface area contributed by atoms with Gasteiger partial charge in [-0.05, 0) is 17.4 Å². The molecule has 0 radical (unpaired) electrons. The van der Waals surface area contributed by atoms with Crippen molar-refractivity contribution in [1.29, 1.82) is 0 Å². The third-order valence-electron chi connectivity index (χ3n) is 3.34. The third kappa shape index (κ3) is 3.69. The first-order valence-corrected chi connectivity index (χ1v) is 8.51. The Bertz CT molecular complexity index is 546. The second-order valence-corrected chi connectivity index (χ2v) is 7.38. The summed E-state index contributed by atoms with van der Waals surface area (Å²) < 4.78 is 0. The molecule has 0 spiro atoms. The Morgan fingerprint density at radius 1 is 1.21 bits per heavy atom. The van der Waals surface area contributed by atoms with Gasteiger partial charge in [0.15, 0.2) is 0 Å². The lowest BCUT2D eigenvalue weighted by Gasteiger charge is -2.28. The lowest BCUT2D eigenvalue weighted by molar-refractivity contribution is 0.295. The molecule has 1 atom stereocenters. The second kappa shape index (κ2) is 6.23. The molecule has 102 valence electrons. The molecule has 0 bridgehead atoms. The molecule has 2 aromatic rings. The van der Waals surface area contributed by atoms with E-state index in [0.717, 1.165) is 27.0 Å². The van der Waals surface area contributed by atoms with Crippen LogP contribution in [0, 0.1) is 11.3 Å². The zero-order valence-corrected chi connectivity index (χ0v) is 14.0. The second-order valence-electron chi connectivity index (χ2n) is 5.72. The van der Waals surface area contributed by atoms with Crippen LogP contribution in [0.15, 0.2) is 35.6 Å². The first-order valence-electron chi connectivity index (χ1n) is 6.41. The first kappa shape index (κ1) is 14.8. The van der Waals surface area contributed by atoms with Gasteiger partial charge in [0.05, 0.1) is 5.52 Å². The molecule has 1 aromatic carbocycles. The number of thioether (sulfide) groups is 1. The van der Waals surface area contributed by atoms with Gasteiger partial charge in [0.25, 0.3) is 0 Å². The highest BCUT2D eigenvalue weighted by atomic mass is 79.9. The molecule has 1 heterocycles. The number of fused-ring (bicyclic) bond motifs is 1. The van der Waals surface area contributed by atoms with Gasteiger partial charge in [0, 0.05) is 16.5 Å². The van der Waals surface area contributed by atoms with E-state index in [0.29, 0.717) is 11.3 Å². The maximum Gasteiger partial charge on any atom is 0.117 e. The van der Waals surface area contributed by atoms with E-state index in [9.17, 15) is 0 Å². The Hall–Kier alpha value is -0.610. The quantitative estimate of drug-likeness (QED) is 0.455. The van der Waals surface area contributed by atoms with Crippen molar-refractivity contribution in [2.45, 2.75) is 25.8 Å². The average molecular weight is 339 g/mol. The van der Waals surface area contributed by atoms with Crippen molar-refractivity contribution < 1.29 is 0 Å². The van der Waals surface area contributed by atoms with Crippen molar-refractivity contribution in [2.75, 3.05) is 11.1 Å². The normalized spacial score (nSPS) is 13.7. The van der Waals surface area contributed by atoms with Gasteiger partial charge >= 0.3 is 0 Å². The summed E-state index contributed by atoms with van der Waals surface area (Å²) in [4.78, 5) is 8.74. The van der Waals surface area contributed by atoms with Gasteiger partial charge in [-0.1, -0.05) is 54.9 Å². The summed E-state index contributed by atoms with van der Waals surface area (Å²) in [6.45, 7) is 6.87. The van der Waals surface area contributed by atoms with E-state index in [2.05, 4.69) is 52.7 Å². The molecule has 0 aliphatic rings. The molecule has 1 unspecified atom stereocenters. The van der Waals surface area contributed by atoms with Crippen LogP contribution in [0.3, 0.4) is 0 Å². The molecule has 2 rings (SSSR count). The number of para-hydroxylation sites is 1. The molecular formula is C15H19BrN2S. The van der Waals surface area contributed by atoms with Gasteiger partial charge in [0.2, 0.25) is 0 Å². The van der Waals surface area contributed by atoms with Gasteiger partial charge < -0.3 is 0 Å². The largest absolute Gasteiger partial charge is 0.236 e. The predicted octanol–water partition coefficient (Wildman–Crippen LogP) is 4.78. The molecule has 0 fully saturated rings. The monoisotopic (exact) mass is 338 g/mol. The van der Waals surface area contributed by atoms with Crippen molar-refractivity contribution in [1.82, 2.24) is 9.97 Å². The smallest absolute Gasteiger partial charge is 0.117 e. The highest BCUT2D eigenvalue weighted by molar-refractivity contribution is 9.09. The Morgan fingerprint density at radius 3 is 2.63 bits per heavy atom. The van der Waals surface area contributed by atoms with Crippen molar-refractivity contribution in [3.63, 3.8) is 0 Å². The van der Waals surface area contributed by atoms with Crippen LogP contribution in [0.1, 0.15) is 20.8 Å².